The monoisotopic (exact) mass is 221 g/mol. The first kappa shape index (κ1) is 11.4. The summed E-state index contributed by atoms with van der Waals surface area (Å²) in [6.45, 7) is 4.72. The van der Waals surface area contributed by atoms with E-state index in [2.05, 4.69) is 11.8 Å². The van der Waals surface area contributed by atoms with Gasteiger partial charge in [-0.3, -0.25) is 9.69 Å². The average Bonchev–Trinajstić information content (AvgIpc) is 2.91. The highest BCUT2D eigenvalue weighted by atomic mass is 16.3. The van der Waals surface area contributed by atoms with Crippen LogP contribution in [0.15, 0.2) is 22.8 Å². The number of hydrogen-bond acceptors (Lipinski definition) is 3. The van der Waals surface area contributed by atoms with Crippen LogP contribution >= 0.6 is 0 Å². The number of hydrogen-bond donors (Lipinski definition) is 0. The number of Topliss-reactive ketones (excluding diaryl/α,β-unsaturated/α-hetero) is 1. The highest BCUT2D eigenvalue weighted by Crippen LogP contribution is 2.29. The second kappa shape index (κ2) is 5.30. The number of furan rings is 1. The van der Waals surface area contributed by atoms with Crippen LogP contribution in [0.5, 0.6) is 0 Å². The fourth-order valence-electron chi connectivity index (χ4n) is 1.93. The Morgan fingerprint density at radius 1 is 1.56 bits per heavy atom. The van der Waals surface area contributed by atoms with Gasteiger partial charge in [-0.1, -0.05) is 6.92 Å². The van der Waals surface area contributed by atoms with Crippen molar-refractivity contribution in [1.82, 2.24) is 4.90 Å². The van der Waals surface area contributed by atoms with E-state index < -0.39 is 0 Å². The first-order valence-corrected chi connectivity index (χ1v) is 6.08. The molecule has 0 bridgehead atoms. The van der Waals surface area contributed by atoms with Gasteiger partial charge >= 0.3 is 0 Å². The second-order valence-corrected chi connectivity index (χ2v) is 4.58. The smallest absolute Gasteiger partial charge is 0.211 e. The normalized spacial score (nSPS) is 15.6. The van der Waals surface area contributed by atoms with Crippen LogP contribution in [0.3, 0.4) is 0 Å². The summed E-state index contributed by atoms with van der Waals surface area (Å²) in [7, 11) is 0. The van der Waals surface area contributed by atoms with Gasteiger partial charge in [0, 0.05) is 6.54 Å². The van der Waals surface area contributed by atoms with Crippen molar-refractivity contribution in [1.29, 1.82) is 0 Å². The van der Waals surface area contributed by atoms with E-state index in [0.717, 1.165) is 25.4 Å². The molecule has 1 aromatic rings. The Balaban J connectivity index is 1.86. The Hall–Kier alpha value is -1.09. The van der Waals surface area contributed by atoms with E-state index in [1.54, 1.807) is 18.4 Å². The third-order valence-electron chi connectivity index (χ3n) is 2.92. The van der Waals surface area contributed by atoms with E-state index in [1.165, 1.54) is 12.8 Å². The number of ketones is 1. The maximum absolute atomic E-state index is 11.9. The molecule has 3 heteroatoms. The van der Waals surface area contributed by atoms with Gasteiger partial charge in [-0.05, 0) is 43.9 Å². The lowest BCUT2D eigenvalue weighted by Crippen LogP contribution is -2.32. The van der Waals surface area contributed by atoms with Crippen molar-refractivity contribution in [2.75, 3.05) is 19.6 Å². The lowest BCUT2D eigenvalue weighted by atomic mass is 10.2. The summed E-state index contributed by atoms with van der Waals surface area (Å²) in [5, 5.41) is 0. The van der Waals surface area contributed by atoms with Crippen LogP contribution in [0.1, 0.15) is 36.7 Å². The molecule has 0 amide bonds. The second-order valence-electron chi connectivity index (χ2n) is 4.58. The number of nitrogens with zero attached hydrogens (tertiary/aromatic N) is 1. The van der Waals surface area contributed by atoms with E-state index in [4.69, 9.17) is 4.42 Å². The van der Waals surface area contributed by atoms with Gasteiger partial charge in [-0.15, -0.1) is 0 Å². The maximum atomic E-state index is 11.9. The Labute approximate surface area is 96.4 Å². The summed E-state index contributed by atoms with van der Waals surface area (Å²) >= 11 is 0. The fourth-order valence-corrected chi connectivity index (χ4v) is 1.93. The maximum Gasteiger partial charge on any atom is 0.211 e. The molecular formula is C13H19NO2. The predicted octanol–water partition coefficient (Wildman–Crippen LogP) is 2.58. The van der Waals surface area contributed by atoms with Crippen LogP contribution in [0.2, 0.25) is 0 Å². The quantitative estimate of drug-likeness (QED) is 0.663. The van der Waals surface area contributed by atoms with Crippen LogP contribution in [-0.2, 0) is 0 Å². The summed E-state index contributed by atoms with van der Waals surface area (Å²) in [5.74, 6) is 1.41. The third kappa shape index (κ3) is 3.20. The van der Waals surface area contributed by atoms with Crippen molar-refractivity contribution in [2.45, 2.75) is 26.2 Å². The SMILES string of the molecule is CCCN(CC(=O)c1ccco1)CC1CC1. The topological polar surface area (TPSA) is 33.5 Å². The van der Waals surface area contributed by atoms with Gasteiger partial charge in [-0.25, -0.2) is 0 Å². The van der Waals surface area contributed by atoms with Gasteiger partial charge < -0.3 is 4.42 Å². The molecule has 16 heavy (non-hydrogen) atoms. The molecule has 1 fully saturated rings. The largest absolute Gasteiger partial charge is 0.461 e. The molecule has 1 saturated carbocycles. The molecule has 0 N–H and O–H groups in total. The first-order chi connectivity index (χ1) is 7.79. The highest BCUT2D eigenvalue weighted by molar-refractivity contribution is 5.94. The van der Waals surface area contributed by atoms with Gasteiger partial charge in [0.2, 0.25) is 5.78 Å². The molecule has 0 atom stereocenters. The van der Waals surface area contributed by atoms with Crippen molar-refractivity contribution >= 4 is 5.78 Å². The summed E-state index contributed by atoms with van der Waals surface area (Å²) in [6, 6.07) is 3.50. The molecule has 0 saturated heterocycles. The van der Waals surface area contributed by atoms with E-state index >= 15 is 0 Å². The Morgan fingerprint density at radius 2 is 2.38 bits per heavy atom. The summed E-state index contributed by atoms with van der Waals surface area (Å²) < 4.78 is 5.12. The lowest BCUT2D eigenvalue weighted by molar-refractivity contribution is 0.0900. The molecule has 1 aromatic heterocycles. The zero-order valence-electron chi connectivity index (χ0n) is 9.82. The molecule has 88 valence electrons. The van der Waals surface area contributed by atoms with Crippen molar-refractivity contribution < 1.29 is 9.21 Å². The number of carbonyl (C=O) groups excluding carboxylic acids is 1. The van der Waals surface area contributed by atoms with Gasteiger partial charge in [0.25, 0.3) is 0 Å². The molecule has 0 unspecified atom stereocenters. The van der Waals surface area contributed by atoms with E-state index in [9.17, 15) is 4.79 Å². The molecule has 3 nitrogen and oxygen atoms in total. The van der Waals surface area contributed by atoms with Gasteiger partial charge in [0.1, 0.15) is 0 Å². The summed E-state index contributed by atoms with van der Waals surface area (Å²) in [6.07, 6.45) is 5.31. The van der Waals surface area contributed by atoms with Crippen LogP contribution in [-0.4, -0.2) is 30.3 Å². The number of rotatable bonds is 7. The molecule has 0 spiro atoms. The highest BCUT2D eigenvalue weighted by Gasteiger charge is 2.25. The standard InChI is InChI=1S/C13H19NO2/c1-2-7-14(9-11-5-6-11)10-12(15)13-4-3-8-16-13/h3-4,8,11H,2,5-7,9-10H2,1H3. The molecular weight excluding hydrogens is 202 g/mol. The van der Waals surface area contributed by atoms with Gasteiger partial charge in [0.15, 0.2) is 5.76 Å². The van der Waals surface area contributed by atoms with Crippen LogP contribution in [0.25, 0.3) is 0 Å². The predicted molar refractivity (Wildman–Crippen MR) is 62.5 cm³/mol. The Bertz CT molecular complexity index is 328. The number of carbonyl (C=O) groups is 1. The zero-order chi connectivity index (χ0) is 11.4. The van der Waals surface area contributed by atoms with Crippen LogP contribution < -0.4 is 0 Å². The van der Waals surface area contributed by atoms with Crippen molar-refractivity contribution in [3.8, 4) is 0 Å². The summed E-state index contributed by atoms with van der Waals surface area (Å²) in [5.41, 5.74) is 0. The zero-order valence-corrected chi connectivity index (χ0v) is 9.82. The Morgan fingerprint density at radius 3 is 2.94 bits per heavy atom. The minimum Gasteiger partial charge on any atom is -0.461 e. The minimum atomic E-state index is 0.0964. The van der Waals surface area contributed by atoms with Crippen LogP contribution in [0.4, 0.5) is 0 Å². The van der Waals surface area contributed by atoms with E-state index in [1.807, 2.05) is 0 Å². The lowest BCUT2D eigenvalue weighted by Gasteiger charge is -2.19. The van der Waals surface area contributed by atoms with Crippen LogP contribution in [0, 0.1) is 5.92 Å². The van der Waals surface area contributed by atoms with Crippen molar-refractivity contribution in [2.24, 2.45) is 5.92 Å². The molecule has 2 rings (SSSR count). The minimum absolute atomic E-state index is 0.0964. The van der Waals surface area contributed by atoms with Crippen molar-refractivity contribution in [3.63, 3.8) is 0 Å². The molecule has 0 radical (unpaired) electrons. The third-order valence-corrected chi connectivity index (χ3v) is 2.92. The van der Waals surface area contributed by atoms with Gasteiger partial charge in [0.05, 0.1) is 12.8 Å². The molecule has 1 heterocycles. The Kier molecular flexibility index (Phi) is 3.78. The van der Waals surface area contributed by atoms with Gasteiger partial charge in [-0.2, -0.15) is 0 Å². The molecule has 0 aliphatic heterocycles. The van der Waals surface area contributed by atoms with Crippen molar-refractivity contribution in [3.05, 3.63) is 24.2 Å². The first-order valence-electron chi connectivity index (χ1n) is 6.08. The molecule has 0 aromatic carbocycles. The fraction of sp³-hybridized carbons (Fsp3) is 0.615. The van der Waals surface area contributed by atoms with E-state index in [-0.39, 0.29) is 5.78 Å². The summed E-state index contributed by atoms with van der Waals surface area (Å²) in [4.78, 5) is 14.1. The van der Waals surface area contributed by atoms with E-state index in [0.29, 0.717) is 12.3 Å². The molecule has 1 aliphatic rings. The average molecular weight is 221 g/mol. The molecule has 1 aliphatic carbocycles.